The van der Waals surface area contributed by atoms with Crippen molar-refractivity contribution >= 4 is 22.3 Å². The summed E-state index contributed by atoms with van der Waals surface area (Å²) in [6.45, 7) is 0.385. The number of nitrogen functional groups attached to an aromatic ring is 1. The van der Waals surface area contributed by atoms with Crippen LogP contribution in [0.15, 0.2) is 12.5 Å². The summed E-state index contributed by atoms with van der Waals surface area (Å²) in [4.78, 5) is 13.4. The van der Waals surface area contributed by atoms with Gasteiger partial charge < -0.3 is 20.4 Å². The van der Waals surface area contributed by atoms with Crippen LogP contribution in [0.1, 0.15) is 5.01 Å². The van der Waals surface area contributed by atoms with E-state index < -0.39 is 4.92 Å². The van der Waals surface area contributed by atoms with Crippen LogP contribution in [0.5, 0.6) is 0 Å². The number of aromatic nitrogens is 4. The molecule has 0 saturated carbocycles. The normalized spacial score (nSPS) is 10.4. The Morgan fingerprint density at radius 3 is 2.93 bits per heavy atom. The lowest BCUT2D eigenvalue weighted by Gasteiger charge is -1.92. The Morgan fingerprint density at radius 2 is 2.40 bits per heavy atom. The van der Waals surface area contributed by atoms with Gasteiger partial charge in [-0.1, -0.05) is 11.3 Å². The quantitative estimate of drug-likeness (QED) is 0.593. The van der Waals surface area contributed by atoms with Gasteiger partial charge in [0.25, 0.3) is 0 Å². The van der Waals surface area contributed by atoms with Gasteiger partial charge in [-0.05, 0) is 9.91 Å². The van der Waals surface area contributed by atoms with E-state index in [0.717, 1.165) is 0 Å². The Labute approximate surface area is 87.5 Å². The highest BCUT2D eigenvalue weighted by Gasteiger charge is 2.11. The molecular formula is C6H6N6O2S. The molecule has 0 aliphatic carbocycles. The maximum Gasteiger partial charge on any atom is 0.381 e. The molecule has 0 aliphatic heterocycles. The highest BCUT2D eigenvalue weighted by atomic mass is 32.1. The Morgan fingerprint density at radius 1 is 1.60 bits per heavy atom. The number of imidazole rings is 1. The summed E-state index contributed by atoms with van der Waals surface area (Å²) < 4.78 is 1.55. The van der Waals surface area contributed by atoms with Crippen molar-refractivity contribution in [3.63, 3.8) is 0 Å². The van der Waals surface area contributed by atoms with E-state index in [4.69, 9.17) is 5.73 Å². The number of nitrogens with zero attached hydrogens (tertiary/aromatic N) is 5. The number of rotatable bonds is 3. The van der Waals surface area contributed by atoms with Crippen LogP contribution in [0.3, 0.4) is 0 Å². The Bertz CT molecular complexity index is 491. The summed E-state index contributed by atoms with van der Waals surface area (Å²) in [6.07, 6.45) is 2.70. The van der Waals surface area contributed by atoms with Crippen LogP contribution in [0.2, 0.25) is 0 Å². The lowest BCUT2D eigenvalue weighted by Crippen LogP contribution is -1.95. The SMILES string of the molecule is Nc1nnc(Cn2cnc([N+](=O)[O-])c2)s1. The molecule has 78 valence electrons. The van der Waals surface area contributed by atoms with Gasteiger partial charge in [0, 0.05) is 0 Å². The van der Waals surface area contributed by atoms with Gasteiger partial charge in [0.2, 0.25) is 11.5 Å². The molecule has 0 aliphatic rings. The first-order valence-electron chi connectivity index (χ1n) is 3.89. The van der Waals surface area contributed by atoms with Crippen LogP contribution in [-0.4, -0.2) is 24.7 Å². The molecule has 2 aromatic heterocycles. The molecule has 2 heterocycles. The minimum absolute atomic E-state index is 0.188. The van der Waals surface area contributed by atoms with Crippen molar-refractivity contribution in [3.8, 4) is 0 Å². The van der Waals surface area contributed by atoms with E-state index in [1.54, 1.807) is 4.57 Å². The Balaban J connectivity index is 2.14. The van der Waals surface area contributed by atoms with Crippen molar-refractivity contribution in [2.45, 2.75) is 6.54 Å². The molecule has 0 fully saturated rings. The molecule has 2 N–H and O–H groups in total. The van der Waals surface area contributed by atoms with Gasteiger partial charge >= 0.3 is 5.82 Å². The molecule has 0 aromatic carbocycles. The summed E-state index contributed by atoms with van der Waals surface area (Å²) in [6, 6.07) is 0. The van der Waals surface area contributed by atoms with Crippen LogP contribution in [0.4, 0.5) is 10.9 Å². The molecule has 8 nitrogen and oxygen atoms in total. The maximum absolute atomic E-state index is 10.4. The van der Waals surface area contributed by atoms with Crippen LogP contribution in [-0.2, 0) is 6.54 Å². The van der Waals surface area contributed by atoms with Crippen molar-refractivity contribution in [1.29, 1.82) is 0 Å². The van der Waals surface area contributed by atoms with Gasteiger partial charge in [-0.15, -0.1) is 10.2 Å². The molecule has 0 spiro atoms. The number of nitro groups is 1. The van der Waals surface area contributed by atoms with E-state index in [9.17, 15) is 10.1 Å². The monoisotopic (exact) mass is 226 g/mol. The second-order valence-corrected chi connectivity index (χ2v) is 3.79. The summed E-state index contributed by atoms with van der Waals surface area (Å²) in [5, 5.41) is 18.8. The van der Waals surface area contributed by atoms with Gasteiger partial charge in [0.15, 0.2) is 0 Å². The van der Waals surface area contributed by atoms with E-state index in [0.29, 0.717) is 16.7 Å². The lowest BCUT2D eigenvalue weighted by atomic mass is 10.6. The van der Waals surface area contributed by atoms with Crippen molar-refractivity contribution in [2.24, 2.45) is 0 Å². The largest absolute Gasteiger partial charge is 0.381 e. The van der Waals surface area contributed by atoms with Crippen molar-refractivity contribution in [3.05, 3.63) is 27.6 Å². The van der Waals surface area contributed by atoms with E-state index in [2.05, 4.69) is 15.2 Å². The summed E-state index contributed by atoms with van der Waals surface area (Å²) in [7, 11) is 0. The van der Waals surface area contributed by atoms with Crippen molar-refractivity contribution < 1.29 is 4.92 Å². The summed E-state index contributed by atoms with van der Waals surface area (Å²) in [5.41, 5.74) is 5.40. The van der Waals surface area contributed by atoms with E-state index >= 15 is 0 Å². The van der Waals surface area contributed by atoms with Crippen molar-refractivity contribution in [1.82, 2.24) is 19.7 Å². The summed E-state index contributed by atoms with van der Waals surface area (Å²) >= 11 is 1.24. The second kappa shape index (κ2) is 3.61. The van der Waals surface area contributed by atoms with Gasteiger partial charge in [0.05, 0.1) is 6.54 Å². The van der Waals surface area contributed by atoms with E-state index in [1.807, 2.05) is 0 Å². The van der Waals surface area contributed by atoms with Crippen LogP contribution >= 0.6 is 11.3 Å². The number of nitrogens with two attached hydrogens (primary N) is 1. The zero-order valence-electron chi connectivity index (χ0n) is 7.40. The molecule has 2 rings (SSSR count). The Kier molecular flexibility index (Phi) is 2.29. The third-order valence-electron chi connectivity index (χ3n) is 1.61. The van der Waals surface area contributed by atoms with E-state index in [1.165, 1.54) is 23.9 Å². The topological polar surface area (TPSA) is 113 Å². The van der Waals surface area contributed by atoms with E-state index in [-0.39, 0.29) is 5.82 Å². The van der Waals surface area contributed by atoms with Crippen LogP contribution < -0.4 is 5.73 Å². The first kappa shape index (κ1) is 9.52. The predicted molar refractivity (Wildman–Crippen MR) is 52.3 cm³/mol. The predicted octanol–water partition coefficient (Wildman–Crippen LogP) is 0.273. The fourth-order valence-corrected chi connectivity index (χ4v) is 1.63. The van der Waals surface area contributed by atoms with Crippen LogP contribution in [0.25, 0.3) is 0 Å². The molecule has 0 saturated heterocycles. The highest BCUT2D eigenvalue weighted by molar-refractivity contribution is 7.15. The minimum Gasteiger partial charge on any atom is -0.374 e. The fraction of sp³-hybridized carbons (Fsp3) is 0.167. The highest BCUT2D eigenvalue weighted by Crippen LogP contribution is 2.13. The summed E-state index contributed by atoms with van der Waals surface area (Å²) in [5.74, 6) is -0.188. The fourth-order valence-electron chi connectivity index (χ4n) is 1.02. The molecule has 2 aromatic rings. The average Bonchev–Trinajstić information content (AvgIpc) is 2.76. The zero-order chi connectivity index (χ0) is 10.8. The number of anilines is 1. The minimum atomic E-state index is -0.551. The molecule has 0 bridgehead atoms. The molecule has 15 heavy (non-hydrogen) atoms. The smallest absolute Gasteiger partial charge is 0.374 e. The molecule has 0 atom stereocenters. The Hall–Kier alpha value is -2.03. The second-order valence-electron chi connectivity index (χ2n) is 2.70. The molecule has 0 unspecified atom stereocenters. The number of hydrogen-bond donors (Lipinski definition) is 1. The van der Waals surface area contributed by atoms with Crippen LogP contribution in [0, 0.1) is 10.1 Å². The third kappa shape index (κ3) is 2.07. The van der Waals surface area contributed by atoms with Gasteiger partial charge in [-0.2, -0.15) is 0 Å². The third-order valence-corrected chi connectivity index (χ3v) is 2.34. The molecular weight excluding hydrogens is 220 g/mol. The lowest BCUT2D eigenvalue weighted by molar-refractivity contribution is -0.389. The number of hydrogen-bond acceptors (Lipinski definition) is 7. The molecule has 9 heteroatoms. The first-order valence-corrected chi connectivity index (χ1v) is 4.71. The molecule has 0 radical (unpaired) electrons. The zero-order valence-corrected chi connectivity index (χ0v) is 8.22. The first-order chi connectivity index (χ1) is 7.15. The maximum atomic E-state index is 10.4. The molecule has 0 amide bonds. The van der Waals surface area contributed by atoms with Gasteiger partial charge in [0.1, 0.15) is 11.2 Å². The van der Waals surface area contributed by atoms with Gasteiger partial charge in [-0.25, -0.2) is 0 Å². The van der Waals surface area contributed by atoms with Gasteiger partial charge in [-0.3, -0.25) is 0 Å². The standard InChI is InChI=1S/C6H6N6O2S/c7-6-10-9-5(15-6)2-11-1-4(8-3-11)12(13)14/h1,3H,2H2,(H2,7,10). The average molecular weight is 226 g/mol. The van der Waals surface area contributed by atoms with Crippen molar-refractivity contribution in [2.75, 3.05) is 5.73 Å².